The minimum absolute atomic E-state index is 0.303. The van der Waals surface area contributed by atoms with Crippen molar-refractivity contribution in [1.29, 1.82) is 0 Å². The van der Waals surface area contributed by atoms with E-state index in [4.69, 9.17) is 5.11 Å². The maximum Gasteiger partial charge on any atom is 0.335 e. The van der Waals surface area contributed by atoms with E-state index in [0.29, 0.717) is 11.6 Å². The molecule has 130 valence electrons. The number of carboxylic acid groups (broad SMARTS) is 1. The van der Waals surface area contributed by atoms with Crippen LogP contribution in [0.3, 0.4) is 0 Å². The zero-order valence-corrected chi connectivity index (χ0v) is 14.9. The van der Waals surface area contributed by atoms with Crippen LogP contribution in [0.5, 0.6) is 0 Å². The second-order valence-corrected chi connectivity index (χ2v) is 7.72. The lowest BCUT2D eigenvalue weighted by Gasteiger charge is -2.30. The van der Waals surface area contributed by atoms with E-state index in [1.807, 2.05) is 12.1 Å². The molecule has 0 saturated heterocycles. The molecule has 0 amide bonds. The summed E-state index contributed by atoms with van der Waals surface area (Å²) in [7, 11) is 0. The lowest BCUT2D eigenvalue weighted by atomic mass is 10.0. The highest BCUT2D eigenvalue weighted by Gasteiger charge is 2.29. The second-order valence-electron chi connectivity index (χ2n) is 7.72. The molecule has 0 aromatic heterocycles. The van der Waals surface area contributed by atoms with Gasteiger partial charge >= 0.3 is 5.97 Å². The van der Waals surface area contributed by atoms with Crippen LogP contribution in [0.15, 0.2) is 42.5 Å². The third kappa shape index (κ3) is 3.41. The van der Waals surface area contributed by atoms with E-state index in [-0.39, 0.29) is 0 Å². The van der Waals surface area contributed by atoms with Gasteiger partial charge in [-0.05, 0) is 98.9 Å². The van der Waals surface area contributed by atoms with Crippen molar-refractivity contribution in [2.75, 3.05) is 4.90 Å². The molecule has 0 radical (unpaired) electrons. The van der Waals surface area contributed by atoms with Crippen molar-refractivity contribution >= 4 is 17.3 Å². The summed E-state index contributed by atoms with van der Waals surface area (Å²) < 4.78 is 0. The van der Waals surface area contributed by atoms with E-state index in [9.17, 15) is 4.79 Å². The van der Waals surface area contributed by atoms with Gasteiger partial charge in [0.15, 0.2) is 0 Å². The summed E-state index contributed by atoms with van der Waals surface area (Å²) in [6, 6.07) is 14.6. The molecule has 0 spiro atoms. The van der Waals surface area contributed by atoms with Gasteiger partial charge in [0.25, 0.3) is 0 Å². The lowest BCUT2D eigenvalue weighted by molar-refractivity contribution is 0.0697. The maximum atomic E-state index is 11.1. The Morgan fingerprint density at radius 1 is 0.920 bits per heavy atom. The van der Waals surface area contributed by atoms with Crippen molar-refractivity contribution in [2.45, 2.75) is 57.4 Å². The first-order chi connectivity index (χ1) is 12.0. The predicted octanol–water partition coefficient (Wildman–Crippen LogP) is 5.69. The van der Waals surface area contributed by atoms with E-state index in [1.54, 1.807) is 12.1 Å². The van der Waals surface area contributed by atoms with E-state index in [0.717, 1.165) is 17.5 Å². The molecule has 1 N–H and O–H groups in total. The molecule has 2 aliphatic rings. The molecule has 2 aromatic rings. The predicted molar refractivity (Wildman–Crippen MR) is 101 cm³/mol. The average Bonchev–Trinajstić information content (AvgIpc) is 3.48. The van der Waals surface area contributed by atoms with Gasteiger partial charge in [-0.3, -0.25) is 0 Å². The topological polar surface area (TPSA) is 40.5 Å². The van der Waals surface area contributed by atoms with E-state index >= 15 is 0 Å². The Kier molecular flexibility index (Phi) is 4.03. The van der Waals surface area contributed by atoms with Crippen molar-refractivity contribution in [1.82, 2.24) is 0 Å². The van der Waals surface area contributed by atoms with Crippen LogP contribution in [-0.4, -0.2) is 17.1 Å². The Bertz CT molecular complexity index is 756. The summed E-state index contributed by atoms with van der Waals surface area (Å²) in [4.78, 5) is 13.4. The van der Waals surface area contributed by atoms with Crippen LogP contribution in [0.2, 0.25) is 0 Å². The first kappa shape index (κ1) is 16.2. The molecule has 4 rings (SSSR count). The Labute approximate surface area is 149 Å². The number of nitrogens with zero attached hydrogens (tertiary/aromatic N) is 1. The summed E-state index contributed by atoms with van der Waals surface area (Å²) in [6.07, 6.45) is 5.23. The number of anilines is 2. The molecular formula is C22H25NO2. The normalized spacial score (nSPS) is 16.9. The molecule has 3 heteroatoms. The van der Waals surface area contributed by atoms with E-state index in [2.05, 4.69) is 36.9 Å². The molecule has 0 atom stereocenters. The smallest absolute Gasteiger partial charge is 0.335 e. The molecule has 2 saturated carbocycles. The molecule has 25 heavy (non-hydrogen) atoms. The quantitative estimate of drug-likeness (QED) is 0.737. The second kappa shape index (κ2) is 6.21. The third-order valence-electron chi connectivity index (χ3n) is 5.25. The van der Waals surface area contributed by atoms with Crippen LogP contribution in [0.4, 0.5) is 11.4 Å². The summed E-state index contributed by atoms with van der Waals surface area (Å²) in [5.41, 5.74) is 5.58. The molecule has 2 aromatic carbocycles. The number of carboxylic acids is 1. The Balaban J connectivity index is 1.74. The average molecular weight is 335 g/mol. The fourth-order valence-electron chi connectivity index (χ4n) is 3.61. The molecular weight excluding hydrogens is 310 g/mol. The Morgan fingerprint density at radius 3 is 1.84 bits per heavy atom. The summed E-state index contributed by atoms with van der Waals surface area (Å²) in [5.74, 6) is 0.594. The van der Waals surface area contributed by atoms with Gasteiger partial charge in [-0.2, -0.15) is 0 Å². The lowest BCUT2D eigenvalue weighted by Crippen LogP contribution is -2.25. The molecule has 2 aliphatic carbocycles. The van der Waals surface area contributed by atoms with Crippen LogP contribution in [0, 0.1) is 0 Å². The molecule has 0 heterocycles. The van der Waals surface area contributed by atoms with Crippen LogP contribution in [-0.2, 0) is 0 Å². The van der Waals surface area contributed by atoms with Crippen LogP contribution < -0.4 is 4.90 Å². The molecule has 0 bridgehead atoms. The van der Waals surface area contributed by atoms with Crippen molar-refractivity contribution in [2.24, 2.45) is 0 Å². The van der Waals surface area contributed by atoms with Gasteiger partial charge in [0.1, 0.15) is 0 Å². The maximum absolute atomic E-state index is 11.1. The van der Waals surface area contributed by atoms with Crippen molar-refractivity contribution in [3.63, 3.8) is 0 Å². The fourth-order valence-corrected chi connectivity index (χ4v) is 3.61. The molecule has 0 unspecified atom stereocenters. The van der Waals surface area contributed by atoms with Crippen molar-refractivity contribution in [3.05, 3.63) is 59.2 Å². The fraction of sp³-hybridized carbons (Fsp3) is 0.409. The summed E-state index contributed by atoms with van der Waals surface area (Å²) >= 11 is 0. The SMILES string of the molecule is CC(C)N(c1ccc(C(=O)O)cc1)c1cc(C2CC2)cc(C2CC2)c1. The summed E-state index contributed by atoms with van der Waals surface area (Å²) in [5, 5.41) is 9.14. The third-order valence-corrected chi connectivity index (χ3v) is 5.25. The summed E-state index contributed by atoms with van der Waals surface area (Å²) in [6.45, 7) is 4.37. The van der Waals surface area contributed by atoms with E-state index in [1.165, 1.54) is 42.5 Å². The number of hydrogen-bond donors (Lipinski definition) is 1. The highest BCUT2D eigenvalue weighted by molar-refractivity contribution is 5.88. The zero-order chi connectivity index (χ0) is 17.6. The minimum atomic E-state index is -0.880. The molecule has 3 nitrogen and oxygen atoms in total. The van der Waals surface area contributed by atoms with Gasteiger partial charge in [0, 0.05) is 17.4 Å². The van der Waals surface area contributed by atoms with Gasteiger partial charge in [0.05, 0.1) is 5.56 Å². The van der Waals surface area contributed by atoms with Crippen LogP contribution >= 0.6 is 0 Å². The van der Waals surface area contributed by atoms with Gasteiger partial charge < -0.3 is 10.0 Å². The molecule has 2 fully saturated rings. The number of benzene rings is 2. The Hall–Kier alpha value is -2.29. The van der Waals surface area contributed by atoms with Gasteiger partial charge in [-0.25, -0.2) is 4.79 Å². The molecule has 0 aliphatic heterocycles. The van der Waals surface area contributed by atoms with Gasteiger partial charge in [-0.15, -0.1) is 0 Å². The number of rotatable bonds is 6. The van der Waals surface area contributed by atoms with Crippen LogP contribution in [0.1, 0.15) is 72.9 Å². The van der Waals surface area contributed by atoms with E-state index < -0.39 is 5.97 Å². The number of carbonyl (C=O) groups is 1. The standard InChI is InChI=1S/C22H25NO2/c1-14(2)23(20-9-7-17(8-10-20)22(24)25)21-12-18(15-3-4-15)11-19(13-21)16-5-6-16/h7-16H,3-6H2,1-2H3,(H,24,25). The van der Waals surface area contributed by atoms with Gasteiger partial charge in [0.2, 0.25) is 0 Å². The Morgan fingerprint density at radius 2 is 1.44 bits per heavy atom. The largest absolute Gasteiger partial charge is 0.478 e. The monoisotopic (exact) mass is 335 g/mol. The first-order valence-electron chi connectivity index (χ1n) is 9.30. The van der Waals surface area contributed by atoms with Crippen LogP contribution in [0.25, 0.3) is 0 Å². The van der Waals surface area contributed by atoms with Crippen molar-refractivity contribution < 1.29 is 9.90 Å². The van der Waals surface area contributed by atoms with Crippen molar-refractivity contribution in [3.8, 4) is 0 Å². The first-order valence-corrected chi connectivity index (χ1v) is 9.30. The zero-order valence-electron chi connectivity index (χ0n) is 14.9. The number of hydrogen-bond acceptors (Lipinski definition) is 2. The minimum Gasteiger partial charge on any atom is -0.478 e. The highest BCUT2D eigenvalue weighted by atomic mass is 16.4. The number of aromatic carboxylic acids is 1. The van der Waals surface area contributed by atoms with Gasteiger partial charge in [-0.1, -0.05) is 6.07 Å². The highest BCUT2D eigenvalue weighted by Crippen LogP contribution is 2.47.